The van der Waals surface area contributed by atoms with Crippen molar-refractivity contribution in [2.45, 2.75) is 25.2 Å². The first-order valence-corrected chi connectivity index (χ1v) is 10.3. The molecule has 0 aliphatic carbocycles. The number of rotatable bonds is 6. The maximum atomic E-state index is 13.4. The Morgan fingerprint density at radius 2 is 1.52 bits per heavy atom. The SMILES string of the molecule is Cc1ccc(C(C(=O)O)C(C(=O)S)(c2ccc(C)cc2)c2nc3ccccc3[nH]2)cc1. The molecule has 0 amide bonds. The number of nitrogens with zero attached hydrogens (tertiary/aromatic N) is 1. The van der Waals surface area contributed by atoms with Crippen molar-refractivity contribution >= 4 is 34.7 Å². The second-order valence-corrected chi connectivity index (χ2v) is 8.17. The molecule has 0 aliphatic rings. The molecule has 1 heterocycles. The molecule has 6 heteroatoms. The van der Waals surface area contributed by atoms with E-state index in [1.54, 1.807) is 24.3 Å². The molecule has 2 N–H and O–H groups in total. The fourth-order valence-electron chi connectivity index (χ4n) is 4.08. The van der Waals surface area contributed by atoms with E-state index >= 15 is 0 Å². The minimum atomic E-state index is -1.66. The summed E-state index contributed by atoms with van der Waals surface area (Å²) in [7, 11) is 0. The highest BCUT2D eigenvalue weighted by Crippen LogP contribution is 2.46. The Kier molecular flexibility index (Phi) is 5.41. The minimum absolute atomic E-state index is 0.255. The molecule has 0 spiro atoms. The summed E-state index contributed by atoms with van der Waals surface area (Å²) in [4.78, 5) is 34.0. The van der Waals surface area contributed by atoms with Crippen LogP contribution in [0.2, 0.25) is 0 Å². The van der Waals surface area contributed by atoms with E-state index in [1.165, 1.54) is 0 Å². The molecule has 0 bridgehead atoms. The molecule has 2 unspecified atom stereocenters. The van der Waals surface area contributed by atoms with Gasteiger partial charge < -0.3 is 10.1 Å². The quantitative estimate of drug-likeness (QED) is 0.384. The lowest BCUT2D eigenvalue weighted by molar-refractivity contribution is -0.142. The molecule has 2 atom stereocenters. The first-order chi connectivity index (χ1) is 14.8. The largest absolute Gasteiger partial charge is 0.481 e. The smallest absolute Gasteiger partial charge is 0.312 e. The highest BCUT2D eigenvalue weighted by atomic mass is 32.1. The number of imidazole rings is 1. The van der Waals surface area contributed by atoms with Crippen molar-refractivity contribution in [1.29, 1.82) is 0 Å². The van der Waals surface area contributed by atoms with Gasteiger partial charge in [0.2, 0.25) is 5.12 Å². The molecule has 0 saturated carbocycles. The van der Waals surface area contributed by atoms with E-state index in [0.717, 1.165) is 16.6 Å². The number of nitrogens with one attached hydrogen (secondary N) is 1. The second kappa shape index (κ2) is 8.04. The summed E-state index contributed by atoms with van der Waals surface area (Å²) in [6.07, 6.45) is 0. The summed E-state index contributed by atoms with van der Waals surface area (Å²) in [6, 6.07) is 21.8. The van der Waals surface area contributed by atoms with Crippen LogP contribution in [0.4, 0.5) is 0 Å². The van der Waals surface area contributed by atoms with E-state index in [9.17, 15) is 14.7 Å². The lowest BCUT2D eigenvalue weighted by Crippen LogP contribution is -2.45. The maximum absolute atomic E-state index is 13.4. The van der Waals surface area contributed by atoms with Crippen LogP contribution in [0, 0.1) is 13.8 Å². The van der Waals surface area contributed by atoms with Crippen molar-refractivity contribution in [2.75, 3.05) is 0 Å². The first kappa shape index (κ1) is 20.9. The highest BCUT2D eigenvalue weighted by molar-refractivity contribution is 7.96. The molecule has 4 aromatic rings. The van der Waals surface area contributed by atoms with Crippen LogP contribution in [0.1, 0.15) is 34.0 Å². The number of carbonyl (C=O) groups is 2. The number of benzene rings is 3. The van der Waals surface area contributed by atoms with Gasteiger partial charge in [-0.3, -0.25) is 9.59 Å². The maximum Gasteiger partial charge on any atom is 0.312 e. The van der Waals surface area contributed by atoms with Gasteiger partial charge in [0.25, 0.3) is 0 Å². The Hall–Kier alpha value is -3.38. The molecular formula is C25H22N2O3S. The average molecular weight is 431 g/mol. The van der Waals surface area contributed by atoms with Gasteiger partial charge in [0, 0.05) is 0 Å². The number of carboxylic acids is 1. The Bertz CT molecular complexity index is 1230. The predicted octanol–water partition coefficient (Wildman–Crippen LogP) is 4.79. The molecule has 31 heavy (non-hydrogen) atoms. The van der Waals surface area contributed by atoms with E-state index < -0.39 is 22.4 Å². The number of aryl methyl sites for hydroxylation is 2. The van der Waals surface area contributed by atoms with Gasteiger partial charge >= 0.3 is 5.97 Å². The van der Waals surface area contributed by atoms with Gasteiger partial charge in [-0.2, -0.15) is 0 Å². The van der Waals surface area contributed by atoms with Crippen LogP contribution in [-0.4, -0.2) is 26.2 Å². The van der Waals surface area contributed by atoms with Gasteiger partial charge in [-0.1, -0.05) is 71.8 Å². The number of hydrogen-bond donors (Lipinski definition) is 3. The predicted molar refractivity (Wildman–Crippen MR) is 124 cm³/mol. The number of aliphatic carboxylic acids is 1. The zero-order valence-electron chi connectivity index (χ0n) is 17.2. The number of carbonyl (C=O) groups excluding carboxylic acids is 1. The summed E-state index contributed by atoms with van der Waals surface area (Å²) in [5.74, 6) is -2.11. The third kappa shape index (κ3) is 3.53. The van der Waals surface area contributed by atoms with Crippen LogP contribution in [0.15, 0.2) is 72.8 Å². The van der Waals surface area contributed by atoms with Gasteiger partial charge in [-0.25, -0.2) is 4.98 Å². The summed E-state index contributed by atoms with van der Waals surface area (Å²) < 4.78 is 0. The van der Waals surface area contributed by atoms with Gasteiger partial charge in [0.05, 0.1) is 11.0 Å². The van der Waals surface area contributed by atoms with Crippen LogP contribution in [0.5, 0.6) is 0 Å². The summed E-state index contributed by atoms with van der Waals surface area (Å²) in [5.41, 5.74) is 2.72. The molecule has 0 aliphatic heterocycles. The molecule has 3 aromatic carbocycles. The fraction of sp³-hybridized carbons (Fsp3) is 0.160. The van der Waals surface area contributed by atoms with Gasteiger partial charge in [0.1, 0.15) is 17.2 Å². The number of hydrogen-bond acceptors (Lipinski definition) is 3. The normalized spacial score (nSPS) is 14.2. The fourth-order valence-corrected chi connectivity index (χ4v) is 4.45. The molecule has 0 saturated heterocycles. The zero-order valence-corrected chi connectivity index (χ0v) is 18.1. The number of thiol groups is 1. The van der Waals surface area contributed by atoms with Crippen molar-refractivity contribution in [3.63, 3.8) is 0 Å². The van der Waals surface area contributed by atoms with Crippen molar-refractivity contribution < 1.29 is 14.7 Å². The Morgan fingerprint density at radius 1 is 0.935 bits per heavy atom. The standard InChI is InChI=1S/C25H22N2O3S/c1-15-7-11-17(12-8-15)21(22(28)29)25(24(30)31,18-13-9-16(2)10-14-18)23-26-19-5-3-4-6-20(19)27-23/h3-14,21H,1-2H3,(H,26,27)(H,28,29)(H,30,31). The van der Waals surface area contributed by atoms with Gasteiger partial charge in [0.15, 0.2) is 0 Å². The van der Waals surface area contributed by atoms with Crippen molar-refractivity contribution in [3.05, 3.63) is 101 Å². The number of H-pyrrole nitrogens is 1. The minimum Gasteiger partial charge on any atom is -0.481 e. The lowest BCUT2D eigenvalue weighted by Gasteiger charge is -2.35. The van der Waals surface area contributed by atoms with Crippen LogP contribution < -0.4 is 0 Å². The third-order valence-electron chi connectivity index (χ3n) is 5.70. The Morgan fingerprint density at radius 3 is 2.06 bits per heavy atom. The monoisotopic (exact) mass is 430 g/mol. The van der Waals surface area contributed by atoms with Crippen LogP contribution in [0.3, 0.4) is 0 Å². The molecule has 4 rings (SSSR count). The van der Waals surface area contributed by atoms with E-state index in [0.29, 0.717) is 16.6 Å². The summed E-state index contributed by atoms with van der Waals surface area (Å²) in [6.45, 7) is 3.86. The highest BCUT2D eigenvalue weighted by Gasteiger charge is 2.54. The molecule has 1 aromatic heterocycles. The van der Waals surface area contributed by atoms with Crippen molar-refractivity contribution in [1.82, 2.24) is 9.97 Å². The number of carboxylic acid groups (broad SMARTS) is 1. The number of fused-ring (bicyclic) bond motifs is 1. The number of para-hydroxylation sites is 2. The van der Waals surface area contributed by atoms with Crippen molar-refractivity contribution in [3.8, 4) is 0 Å². The zero-order chi connectivity index (χ0) is 22.2. The topological polar surface area (TPSA) is 83.0 Å². The van der Waals surface area contributed by atoms with Crippen LogP contribution in [0.25, 0.3) is 11.0 Å². The summed E-state index contributed by atoms with van der Waals surface area (Å²) >= 11 is 4.25. The van der Waals surface area contributed by atoms with Gasteiger partial charge in [-0.15, -0.1) is 12.6 Å². The molecule has 156 valence electrons. The van der Waals surface area contributed by atoms with E-state index in [2.05, 4.69) is 22.6 Å². The average Bonchev–Trinajstić information content (AvgIpc) is 3.17. The first-order valence-electron chi connectivity index (χ1n) is 9.89. The van der Waals surface area contributed by atoms with E-state index in [-0.39, 0.29) is 5.82 Å². The number of aromatic nitrogens is 2. The molecule has 0 radical (unpaired) electrons. The van der Waals surface area contributed by atoms with E-state index in [4.69, 9.17) is 0 Å². The molecule has 5 nitrogen and oxygen atoms in total. The van der Waals surface area contributed by atoms with Gasteiger partial charge in [-0.05, 0) is 37.1 Å². The van der Waals surface area contributed by atoms with Crippen LogP contribution >= 0.6 is 12.6 Å². The Balaban J connectivity index is 2.09. The second-order valence-electron chi connectivity index (χ2n) is 7.76. The Labute approximate surface area is 185 Å². The summed E-state index contributed by atoms with van der Waals surface area (Å²) in [5, 5.41) is 9.81. The molecule has 0 fully saturated rings. The molecular weight excluding hydrogens is 408 g/mol. The van der Waals surface area contributed by atoms with Crippen LogP contribution in [-0.2, 0) is 15.0 Å². The third-order valence-corrected chi connectivity index (χ3v) is 6.05. The van der Waals surface area contributed by atoms with Crippen molar-refractivity contribution in [2.24, 2.45) is 0 Å². The van der Waals surface area contributed by atoms with E-state index in [1.807, 2.05) is 62.4 Å². The number of aromatic amines is 1. The lowest BCUT2D eigenvalue weighted by atomic mass is 9.67.